The molecule has 86 valence electrons. The van der Waals surface area contributed by atoms with Gasteiger partial charge in [0.2, 0.25) is 5.82 Å². The summed E-state index contributed by atoms with van der Waals surface area (Å²) in [6.07, 6.45) is 3.60. The maximum absolute atomic E-state index is 5.26. The van der Waals surface area contributed by atoms with Crippen molar-refractivity contribution >= 4 is 11.3 Å². The molecule has 17 heavy (non-hydrogen) atoms. The topological polar surface area (TPSA) is 56.7 Å². The highest BCUT2D eigenvalue weighted by Crippen LogP contribution is 2.23. The maximum atomic E-state index is 5.26. The molecule has 0 saturated carbocycles. The van der Waals surface area contributed by atoms with Crippen molar-refractivity contribution in [3.05, 3.63) is 41.9 Å². The molecule has 3 aromatic heterocycles. The Morgan fingerprint density at radius 3 is 3.06 bits per heavy atom. The minimum Gasteiger partial charge on any atom is -0.337 e. The van der Waals surface area contributed by atoms with Gasteiger partial charge in [0.15, 0.2) is 0 Å². The summed E-state index contributed by atoms with van der Waals surface area (Å²) in [5.74, 6) is 1.20. The van der Waals surface area contributed by atoms with Gasteiger partial charge >= 0.3 is 0 Å². The van der Waals surface area contributed by atoms with Crippen LogP contribution < -0.4 is 0 Å². The van der Waals surface area contributed by atoms with Gasteiger partial charge < -0.3 is 4.52 Å². The second-order valence-electron chi connectivity index (χ2n) is 3.60. The molecule has 0 aromatic carbocycles. The van der Waals surface area contributed by atoms with Gasteiger partial charge in [0.25, 0.3) is 5.89 Å². The van der Waals surface area contributed by atoms with Crippen LogP contribution in [0.1, 0.15) is 18.9 Å². The van der Waals surface area contributed by atoms with Crippen LogP contribution in [0.2, 0.25) is 0 Å². The summed E-state index contributed by atoms with van der Waals surface area (Å²) in [7, 11) is 0. The molecule has 0 aliphatic carbocycles. The molecule has 0 bridgehead atoms. The molecule has 0 amide bonds. The molecule has 0 fully saturated rings. The van der Waals surface area contributed by atoms with Crippen molar-refractivity contribution in [2.24, 2.45) is 0 Å². The Kier molecular flexibility index (Phi) is 2.49. The number of aromatic nitrogens is 4. The number of hydrogen-bond donors (Lipinski definition) is 0. The average Bonchev–Trinajstić information content (AvgIpc) is 3.09. The van der Waals surface area contributed by atoms with Crippen molar-refractivity contribution in [1.82, 2.24) is 19.9 Å². The van der Waals surface area contributed by atoms with Gasteiger partial charge in [0.1, 0.15) is 6.04 Å². The highest BCUT2D eigenvalue weighted by atomic mass is 32.1. The van der Waals surface area contributed by atoms with E-state index in [1.807, 2.05) is 36.7 Å². The SMILES string of the molecule is CC(c1nc(-c2cccs2)no1)n1cccn1. The molecule has 3 aromatic rings. The van der Waals surface area contributed by atoms with E-state index in [0.29, 0.717) is 11.7 Å². The number of thiophene rings is 1. The third kappa shape index (κ3) is 1.87. The van der Waals surface area contributed by atoms with Crippen molar-refractivity contribution in [2.45, 2.75) is 13.0 Å². The predicted molar refractivity (Wildman–Crippen MR) is 63.7 cm³/mol. The first-order valence-electron chi connectivity index (χ1n) is 5.21. The Bertz CT molecular complexity index is 585. The van der Waals surface area contributed by atoms with Crippen LogP contribution >= 0.6 is 11.3 Å². The second-order valence-corrected chi connectivity index (χ2v) is 4.54. The highest BCUT2D eigenvalue weighted by molar-refractivity contribution is 7.13. The molecule has 3 heterocycles. The summed E-state index contributed by atoms with van der Waals surface area (Å²) in [6.45, 7) is 1.97. The van der Waals surface area contributed by atoms with E-state index in [0.717, 1.165) is 4.88 Å². The normalized spacial score (nSPS) is 12.8. The van der Waals surface area contributed by atoms with Crippen molar-refractivity contribution in [2.75, 3.05) is 0 Å². The average molecular weight is 246 g/mol. The Hall–Kier alpha value is -1.95. The van der Waals surface area contributed by atoms with Crippen LogP contribution in [0, 0.1) is 0 Å². The fourth-order valence-electron chi connectivity index (χ4n) is 1.53. The van der Waals surface area contributed by atoms with Crippen molar-refractivity contribution < 1.29 is 4.52 Å². The molecule has 0 N–H and O–H groups in total. The van der Waals surface area contributed by atoms with Gasteiger partial charge in [-0.05, 0) is 24.4 Å². The lowest BCUT2D eigenvalue weighted by atomic mass is 10.3. The Morgan fingerprint density at radius 2 is 2.35 bits per heavy atom. The van der Waals surface area contributed by atoms with Gasteiger partial charge in [-0.1, -0.05) is 11.2 Å². The molecule has 0 saturated heterocycles. The summed E-state index contributed by atoms with van der Waals surface area (Å²) in [5.41, 5.74) is 0. The van der Waals surface area contributed by atoms with E-state index in [2.05, 4.69) is 15.2 Å². The van der Waals surface area contributed by atoms with Gasteiger partial charge in [-0.15, -0.1) is 11.3 Å². The third-order valence-electron chi connectivity index (χ3n) is 2.46. The standard InChI is InChI=1S/C11H10N4OS/c1-8(15-6-3-5-12-15)11-13-10(14-16-11)9-4-2-7-17-9/h2-8H,1H3. The van der Waals surface area contributed by atoms with E-state index < -0.39 is 0 Å². The van der Waals surface area contributed by atoms with Gasteiger partial charge in [0, 0.05) is 12.4 Å². The van der Waals surface area contributed by atoms with Crippen LogP contribution in [0.5, 0.6) is 0 Å². The molecule has 0 radical (unpaired) electrons. The van der Waals surface area contributed by atoms with E-state index in [1.165, 1.54) is 0 Å². The zero-order chi connectivity index (χ0) is 11.7. The number of rotatable bonds is 3. The Balaban J connectivity index is 1.90. The van der Waals surface area contributed by atoms with Crippen molar-refractivity contribution in [3.63, 3.8) is 0 Å². The third-order valence-corrected chi connectivity index (χ3v) is 3.33. The largest absolute Gasteiger partial charge is 0.337 e. The summed E-state index contributed by atoms with van der Waals surface area (Å²) in [5, 5.41) is 10.1. The lowest BCUT2D eigenvalue weighted by Gasteiger charge is -2.05. The molecule has 1 unspecified atom stereocenters. The van der Waals surface area contributed by atoms with Gasteiger partial charge in [-0.2, -0.15) is 10.1 Å². The monoisotopic (exact) mass is 246 g/mol. The van der Waals surface area contributed by atoms with E-state index in [9.17, 15) is 0 Å². The molecule has 5 nitrogen and oxygen atoms in total. The first-order valence-corrected chi connectivity index (χ1v) is 6.09. The number of hydrogen-bond acceptors (Lipinski definition) is 5. The molecule has 1 atom stereocenters. The van der Waals surface area contributed by atoms with E-state index in [1.54, 1.807) is 22.2 Å². The minimum atomic E-state index is -0.0498. The lowest BCUT2D eigenvalue weighted by molar-refractivity contribution is 0.336. The van der Waals surface area contributed by atoms with Gasteiger partial charge in [0.05, 0.1) is 4.88 Å². The second kappa shape index (κ2) is 4.14. The summed E-state index contributed by atoms with van der Waals surface area (Å²) in [6, 6.07) is 5.75. The fraction of sp³-hybridized carbons (Fsp3) is 0.182. The van der Waals surface area contributed by atoms with Gasteiger partial charge in [-0.25, -0.2) is 0 Å². The molecule has 6 heteroatoms. The molecule has 3 rings (SSSR count). The summed E-state index contributed by atoms with van der Waals surface area (Å²) >= 11 is 1.59. The highest BCUT2D eigenvalue weighted by Gasteiger charge is 2.17. The lowest BCUT2D eigenvalue weighted by Crippen LogP contribution is -2.07. The Morgan fingerprint density at radius 1 is 1.41 bits per heavy atom. The smallest absolute Gasteiger partial charge is 0.251 e. The van der Waals surface area contributed by atoms with Crippen LogP contribution in [0.25, 0.3) is 10.7 Å². The first kappa shape index (κ1) is 10.2. The summed E-state index contributed by atoms with van der Waals surface area (Å²) in [4.78, 5) is 5.39. The van der Waals surface area contributed by atoms with E-state index in [4.69, 9.17) is 4.52 Å². The van der Waals surface area contributed by atoms with Crippen LogP contribution in [0.3, 0.4) is 0 Å². The van der Waals surface area contributed by atoms with E-state index in [-0.39, 0.29) is 6.04 Å². The van der Waals surface area contributed by atoms with E-state index >= 15 is 0 Å². The first-order chi connectivity index (χ1) is 8.34. The van der Waals surface area contributed by atoms with Crippen LogP contribution in [-0.4, -0.2) is 19.9 Å². The minimum absolute atomic E-state index is 0.0498. The maximum Gasteiger partial charge on any atom is 0.251 e. The molecule has 0 aliphatic heterocycles. The molecule has 0 aliphatic rings. The van der Waals surface area contributed by atoms with Crippen LogP contribution in [0.15, 0.2) is 40.5 Å². The molecular weight excluding hydrogens is 236 g/mol. The van der Waals surface area contributed by atoms with Crippen LogP contribution in [-0.2, 0) is 0 Å². The molecule has 0 spiro atoms. The number of nitrogens with zero attached hydrogens (tertiary/aromatic N) is 4. The zero-order valence-electron chi connectivity index (χ0n) is 9.15. The predicted octanol–water partition coefficient (Wildman–Crippen LogP) is 2.60. The quantitative estimate of drug-likeness (QED) is 0.712. The zero-order valence-corrected chi connectivity index (χ0v) is 9.96. The fourth-order valence-corrected chi connectivity index (χ4v) is 2.18. The van der Waals surface area contributed by atoms with Crippen LogP contribution in [0.4, 0.5) is 0 Å². The van der Waals surface area contributed by atoms with Crippen molar-refractivity contribution in [3.8, 4) is 10.7 Å². The van der Waals surface area contributed by atoms with Crippen molar-refractivity contribution in [1.29, 1.82) is 0 Å². The summed E-state index contributed by atoms with van der Waals surface area (Å²) < 4.78 is 7.04. The molecular formula is C11H10N4OS. The van der Waals surface area contributed by atoms with Gasteiger partial charge in [-0.3, -0.25) is 4.68 Å². The Labute approximate surface area is 102 Å².